The van der Waals surface area contributed by atoms with Gasteiger partial charge in [-0.05, 0) is 13.0 Å². The minimum atomic E-state index is -4.84. The van der Waals surface area contributed by atoms with Gasteiger partial charge in [0.2, 0.25) is 5.91 Å². The minimum absolute atomic E-state index is 0.194. The number of anilines is 1. The molecule has 0 saturated carbocycles. The third-order valence-electron chi connectivity index (χ3n) is 3.18. The Balaban J connectivity index is 2.14. The summed E-state index contributed by atoms with van der Waals surface area (Å²) in [5.41, 5.74) is -2.54. The molecule has 0 radical (unpaired) electrons. The fraction of sp³-hybridized carbons (Fsp3) is 0.308. The number of aromatic nitrogens is 3. The summed E-state index contributed by atoms with van der Waals surface area (Å²) in [6.45, 7) is 1.71. The molecule has 0 saturated heterocycles. The summed E-state index contributed by atoms with van der Waals surface area (Å²) >= 11 is 1.00. The van der Waals surface area contributed by atoms with Crippen LogP contribution in [-0.2, 0) is 18.0 Å². The number of nitro benzene ring substituents is 1. The van der Waals surface area contributed by atoms with Crippen LogP contribution in [0.5, 0.6) is 0 Å². The van der Waals surface area contributed by atoms with Gasteiger partial charge in [-0.1, -0.05) is 11.8 Å². The number of benzene rings is 1. The number of hydrogen-bond donors (Lipinski definition) is 1. The summed E-state index contributed by atoms with van der Waals surface area (Å²) < 4.78 is 40.8. The Morgan fingerprint density at radius 1 is 1.40 bits per heavy atom. The summed E-state index contributed by atoms with van der Waals surface area (Å²) in [7, 11) is 1.69. The molecule has 134 valence electrons. The third kappa shape index (κ3) is 4.47. The van der Waals surface area contributed by atoms with Gasteiger partial charge in [-0.3, -0.25) is 14.9 Å². The number of halogens is 3. The monoisotopic (exact) mass is 375 g/mol. The van der Waals surface area contributed by atoms with Crippen molar-refractivity contribution >= 4 is 29.0 Å². The Morgan fingerprint density at radius 2 is 2.08 bits per heavy atom. The lowest BCUT2D eigenvalue weighted by atomic mass is 10.1. The van der Waals surface area contributed by atoms with Crippen LogP contribution in [0.15, 0.2) is 23.4 Å². The van der Waals surface area contributed by atoms with Gasteiger partial charge in [0.05, 0.1) is 21.9 Å². The van der Waals surface area contributed by atoms with Crippen molar-refractivity contribution in [3.8, 4) is 0 Å². The minimum Gasteiger partial charge on any atom is -0.325 e. The van der Waals surface area contributed by atoms with Crippen molar-refractivity contribution in [2.75, 3.05) is 11.1 Å². The molecular formula is C13H12F3N5O3S. The number of nitro groups is 1. The molecule has 1 amide bonds. The first-order valence-electron chi connectivity index (χ1n) is 6.74. The van der Waals surface area contributed by atoms with E-state index in [-0.39, 0.29) is 5.75 Å². The second-order valence-electron chi connectivity index (χ2n) is 4.91. The molecule has 25 heavy (non-hydrogen) atoms. The number of alkyl halides is 3. The molecule has 1 N–H and O–H groups in total. The van der Waals surface area contributed by atoms with E-state index >= 15 is 0 Å². The number of carbonyl (C=O) groups is 1. The summed E-state index contributed by atoms with van der Waals surface area (Å²) in [6.07, 6.45) is -4.84. The first-order valence-corrected chi connectivity index (χ1v) is 7.72. The van der Waals surface area contributed by atoms with Crippen molar-refractivity contribution in [1.29, 1.82) is 0 Å². The fourth-order valence-electron chi connectivity index (χ4n) is 1.82. The highest BCUT2D eigenvalue weighted by atomic mass is 32.2. The molecule has 1 aromatic heterocycles. The first kappa shape index (κ1) is 18.7. The molecule has 1 aromatic carbocycles. The van der Waals surface area contributed by atoms with Crippen LogP contribution in [0.3, 0.4) is 0 Å². The molecule has 8 nitrogen and oxygen atoms in total. The van der Waals surface area contributed by atoms with Crippen LogP contribution in [0.25, 0.3) is 0 Å². The van der Waals surface area contributed by atoms with Gasteiger partial charge in [0, 0.05) is 19.2 Å². The second-order valence-corrected chi connectivity index (χ2v) is 5.85. The van der Waals surface area contributed by atoms with Crippen LogP contribution >= 0.6 is 11.8 Å². The number of hydrogen-bond acceptors (Lipinski definition) is 6. The van der Waals surface area contributed by atoms with Crippen LogP contribution in [-0.4, -0.2) is 31.3 Å². The number of aryl methyl sites for hydroxylation is 1. The van der Waals surface area contributed by atoms with Gasteiger partial charge in [-0.2, -0.15) is 13.2 Å². The number of non-ortho nitro benzene ring substituents is 1. The maximum absolute atomic E-state index is 13.0. The van der Waals surface area contributed by atoms with Crippen LogP contribution < -0.4 is 5.32 Å². The van der Waals surface area contributed by atoms with E-state index in [0.717, 1.165) is 23.9 Å². The van der Waals surface area contributed by atoms with Crippen molar-refractivity contribution < 1.29 is 22.9 Å². The number of carbonyl (C=O) groups excluding carboxylic acids is 1. The van der Waals surface area contributed by atoms with Gasteiger partial charge < -0.3 is 9.88 Å². The predicted molar refractivity (Wildman–Crippen MR) is 83.2 cm³/mol. The number of nitrogens with zero attached hydrogens (tertiary/aromatic N) is 4. The van der Waals surface area contributed by atoms with E-state index in [1.54, 1.807) is 18.5 Å². The number of nitrogens with one attached hydrogen (secondary N) is 1. The van der Waals surface area contributed by atoms with Gasteiger partial charge in [-0.25, -0.2) is 0 Å². The zero-order valence-corrected chi connectivity index (χ0v) is 13.8. The maximum atomic E-state index is 13.0. The van der Waals surface area contributed by atoms with E-state index < -0.39 is 33.9 Å². The molecule has 0 fully saturated rings. The van der Waals surface area contributed by atoms with E-state index in [2.05, 4.69) is 15.5 Å². The topological polar surface area (TPSA) is 103 Å². The highest BCUT2D eigenvalue weighted by molar-refractivity contribution is 7.99. The lowest BCUT2D eigenvalue weighted by Gasteiger charge is -2.13. The first-order chi connectivity index (χ1) is 11.6. The molecule has 0 aliphatic heterocycles. The molecule has 0 spiro atoms. The second kappa shape index (κ2) is 7.09. The van der Waals surface area contributed by atoms with Crippen molar-refractivity contribution in [3.05, 3.63) is 39.7 Å². The average Bonchev–Trinajstić information content (AvgIpc) is 2.83. The molecule has 0 atom stereocenters. The zero-order chi connectivity index (χ0) is 18.8. The Labute approximate surface area is 143 Å². The summed E-state index contributed by atoms with van der Waals surface area (Å²) in [5, 5.41) is 20.8. The molecule has 12 heteroatoms. The molecule has 2 rings (SSSR count). The molecule has 0 bridgehead atoms. The van der Waals surface area contributed by atoms with Gasteiger partial charge in [0.1, 0.15) is 5.82 Å². The van der Waals surface area contributed by atoms with Crippen molar-refractivity contribution in [1.82, 2.24) is 14.8 Å². The Hall–Kier alpha value is -2.63. The van der Waals surface area contributed by atoms with E-state index in [1.807, 2.05) is 0 Å². The van der Waals surface area contributed by atoms with E-state index in [4.69, 9.17) is 0 Å². The van der Waals surface area contributed by atoms with Gasteiger partial charge in [0.25, 0.3) is 5.69 Å². The largest absolute Gasteiger partial charge is 0.418 e. The lowest BCUT2D eigenvalue weighted by Crippen LogP contribution is -2.18. The molecule has 2 aromatic rings. The number of amides is 1. The highest BCUT2D eigenvalue weighted by Crippen LogP contribution is 2.37. The van der Waals surface area contributed by atoms with Gasteiger partial charge in [-0.15, -0.1) is 10.2 Å². The van der Waals surface area contributed by atoms with Crippen LogP contribution in [0, 0.1) is 17.0 Å². The zero-order valence-electron chi connectivity index (χ0n) is 13.0. The SMILES string of the molecule is Cc1nnc(SCC(=O)Nc2ccc([N+](=O)[O-])cc2C(F)(F)F)n1C. The van der Waals surface area contributed by atoms with E-state index in [9.17, 15) is 28.1 Å². The van der Waals surface area contributed by atoms with Gasteiger partial charge >= 0.3 is 6.18 Å². The Kier molecular flexibility index (Phi) is 5.30. The van der Waals surface area contributed by atoms with Crippen LogP contribution in [0.1, 0.15) is 11.4 Å². The predicted octanol–water partition coefficient (Wildman–Crippen LogP) is 2.78. The number of rotatable bonds is 5. The highest BCUT2D eigenvalue weighted by Gasteiger charge is 2.35. The summed E-state index contributed by atoms with van der Waals surface area (Å²) in [4.78, 5) is 21.6. The molecule has 0 unspecified atom stereocenters. The van der Waals surface area contributed by atoms with Crippen molar-refractivity contribution in [2.24, 2.45) is 7.05 Å². The normalized spacial score (nSPS) is 11.4. The van der Waals surface area contributed by atoms with Crippen molar-refractivity contribution in [3.63, 3.8) is 0 Å². The number of thioether (sulfide) groups is 1. The fourth-order valence-corrected chi connectivity index (χ4v) is 2.58. The summed E-state index contributed by atoms with van der Waals surface area (Å²) in [5.74, 6) is -0.275. The van der Waals surface area contributed by atoms with Gasteiger partial charge in [0.15, 0.2) is 5.16 Å². The smallest absolute Gasteiger partial charge is 0.325 e. The third-order valence-corrected chi connectivity index (χ3v) is 4.20. The molecule has 0 aliphatic carbocycles. The van der Waals surface area contributed by atoms with Crippen molar-refractivity contribution in [2.45, 2.75) is 18.3 Å². The molecule has 1 heterocycles. The standard InChI is InChI=1S/C13H12F3N5O3S/c1-7-18-19-12(20(7)2)25-6-11(22)17-10-4-3-8(21(23)24)5-9(10)13(14,15)16/h3-5H,6H2,1-2H3,(H,17,22). The summed E-state index contributed by atoms with van der Waals surface area (Å²) in [6, 6.07) is 2.13. The lowest BCUT2D eigenvalue weighted by molar-refractivity contribution is -0.385. The average molecular weight is 375 g/mol. The molecular weight excluding hydrogens is 363 g/mol. The Morgan fingerprint density at radius 3 is 2.60 bits per heavy atom. The molecule has 0 aliphatic rings. The maximum Gasteiger partial charge on any atom is 0.418 e. The van der Waals surface area contributed by atoms with Crippen LogP contribution in [0.4, 0.5) is 24.5 Å². The quantitative estimate of drug-likeness (QED) is 0.490. The Bertz CT molecular complexity index is 822. The van der Waals surface area contributed by atoms with E-state index in [1.165, 1.54) is 0 Å². The van der Waals surface area contributed by atoms with Crippen LogP contribution in [0.2, 0.25) is 0 Å². The van der Waals surface area contributed by atoms with E-state index in [0.29, 0.717) is 17.0 Å².